The predicted molar refractivity (Wildman–Crippen MR) is 86.4 cm³/mol. The molecule has 22 heavy (non-hydrogen) atoms. The van der Waals surface area contributed by atoms with Crippen LogP contribution in [0.2, 0.25) is 0 Å². The number of aryl methyl sites for hydroxylation is 2. The molecule has 1 aliphatic heterocycles. The summed E-state index contributed by atoms with van der Waals surface area (Å²) in [6.07, 6.45) is 3.06. The lowest BCUT2D eigenvalue weighted by Crippen LogP contribution is -2.42. The molecule has 2 atom stereocenters. The number of rotatable bonds is 1. The maximum atomic E-state index is 9.93. The van der Waals surface area contributed by atoms with Gasteiger partial charge in [0.2, 0.25) is 0 Å². The molecule has 0 unspecified atom stereocenters. The minimum atomic E-state index is -0.0169. The van der Waals surface area contributed by atoms with E-state index in [9.17, 15) is 10.2 Å². The third-order valence-electron chi connectivity index (χ3n) is 5.20. The molecule has 0 radical (unpaired) electrons. The van der Waals surface area contributed by atoms with Crippen molar-refractivity contribution in [2.45, 2.75) is 44.7 Å². The highest BCUT2D eigenvalue weighted by Gasteiger charge is 2.35. The molecule has 0 amide bonds. The fraction of sp³-hybridized carbons (Fsp3) is 0.368. The van der Waals surface area contributed by atoms with Crippen molar-refractivity contribution >= 4 is 0 Å². The van der Waals surface area contributed by atoms with Crippen molar-refractivity contribution in [1.82, 2.24) is 5.32 Å². The number of hydrogen-bond acceptors (Lipinski definition) is 3. The zero-order valence-corrected chi connectivity index (χ0v) is 12.8. The molecule has 3 nitrogen and oxygen atoms in total. The molecule has 4 rings (SSSR count). The van der Waals surface area contributed by atoms with E-state index in [-0.39, 0.29) is 17.4 Å². The maximum Gasteiger partial charge on any atom is 0.157 e. The van der Waals surface area contributed by atoms with Crippen LogP contribution in [0.1, 0.15) is 47.1 Å². The molecule has 0 aromatic heterocycles. The van der Waals surface area contributed by atoms with Crippen LogP contribution in [0.4, 0.5) is 0 Å². The lowest BCUT2D eigenvalue weighted by Gasteiger charge is -2.39. The second-order valence-electron chi connectivity index (χ2n) is 6.43. The SMILES string of the molecule is CCc1ccc2c(c1)CN[C@H]1CCc3cc(O)c(O)cc3[C@H]21. The number of nitrogens with one attached hydrogen (secondary N) is 1. The van der Waals surface area contributed by atoms with Crippen LogP contribution in [-0.2, 0) is 19.4 Å². The van der Waals surface area contributed by atoms with E-state index in [2.05, 4.69) is 30.4 Å². The van der Waals surface area contributed by atoms with Crippen LogP contribution in [0.3, 0.4) is 0 Å². The Labute approximate surface area is 130 Å². The van der Waals surface area contributed by atoms with Crippen LogP contribution in [0.15, 0.2) is 30.3 Å². The Morgan fingerprint density at radius 3 is 2.68 bits per heavy atom. The van der Waals surface area contributed by atoms with Crippen LogP contribution < -0.4 is 5.32 Å². The number of hydrogen-bond donors (Lipinski definition) is 3. The van der Waals surface area contributed by atoms with Crippen molar-refractivity contribution in [3.8, 4) is 11.5 Å². The second-order valence-corrected chi connectivity index (χ2v) is 6.43. The van der Waals surface area contributed by atoms with Crippen molar-refractivity contribution in [1.29, 1.82) is 0 Å². The first-order valence-electron chi connectivity index (χ1n) is 8.07. The summed E-state index contributed by atoms with van der Waals surface area (Å²) in [7, 11) is 0. The summed E-state index contributed by atoms with van der Waals surface area (Å²) in [6.45, 7) is 3.10. The highest BCUT2D eigenvalue weighted by molar-refractivity contribution is 5.53. The number of phenolic OH excluding ortho intramolecular Hbond substituents is 2. The van der Waals surface area contributed by atoms with Gasteiger partial charge in [0.25, 0.3) is 0 Å². The van der Waals surface area contributed by atoms with Crippen LogP contribution >= 0.6 is 0 Å². The maximum absolute atomic E-state index is 9.93. The summed E-state index contributed by atoms with van der Waals surface area (Å²) in [4.78, 5) is 0. The Bertz CT molecular complexity index is 738. The normalized spacial score (nSPS) is 22.6. The van der Waals surface area contributed by atoms with E-state index in [1.807, 2.05) is 0 Å². The second kappa shape index (κ2) is 5.03. The molecule has 1 aliphatic carbocycles. The van der Waals surface area contributed by atoms with E-state index in [0.717, 1.165) is 36.9 Å². The molecule has 0 spiro atoms. The van der Waals surface area contributed by atoms with Gasteiger partial charge < -0.3 is 15.5 Å². The van der Waals surface area contributed by atoms with Gasteiger partial charge in [-0.2, -0.15) is 0 Å². The van der Waals surface area contributed by atoms with Gasteiger partial charge in [0.15, 0.2) is 11.5 Å². The molecule has 2 aromatic carbocycles. The first-order chi connectivity index (χ1) is 10.7. The Hall–Kier alpha value is -2.00. The van der Waals surface area contributed by atoms with Gasteiger partial charge in [-0.05, 0) is 59.2 Å². The molecule has 1 heterocycles. The quantitative estimate of drug-likeness (QED) is 0.708. The number of benzene rings is 2. The van der Waals surface area contributed by atoms with Gasteiger partial charge in [-0.1, -0.05) is 25.1 Å². The summed E-state index contributed by atoms with van der Waals surface area (Å²) in [5.74, 6) is 0.240. The molecule has 3 heteroatoms. The summed E-state index contributed by atoms with van der Waals surface area (Å²) >= 11 is 0. The van der Waals surface area contributed by atoms with Gasteiger partial charge in [0.1, 0.15) is 0 Å². The van der Waals surface area contributed by atoms with Crippen molar-refractivity contribution < 1.29 is 10.2 Å². The van der Waals surface area contributed by atoms with Gasteiger partial charge in [0, 0.05) is 18.5 Å². The third-order valence-corrected chi connectivity index (χ3v) is 5.20. The van der Waals surface area contributed by atoms with Crippen molar-refractivity contribution in [2.24, 2.45) is 0 Å². The Kier molecular flexibility index (Phi) is 3.12. The highest BCUT2D eigenvalue weighted by Crippen LogP contribution is 2.44. The standard InChI is InChI=1S/C19H21NO2/c1-2-11-3-5-14-13(7-11)10-20-16-6-4-12-8-17(21)18(22)9-15(12)19(14)16/h3,5,7-9,16,19-22H,2,4,6,10H2,1H3/t16-,19-/m0/s1. The Morgan fingerprint density at radius 1 is 1.05 bits per heavy atom. The van der Waals surface area contributed by atoms with E-state index in [1.165, 1.54) is 16.7 Å². The fourth-order valence-corrected chi connectivity index (χ4v) is 4.02. The smallest absolute Gasteiger partial charge is 0.157 e. The minimum Gasteiger partial charge on any atom is -0.504 e. The Morgan fingerprint density at radius 2 is 1.86 bits per heavy atom. The van der Waals surface area contributed by atoms with Crippen LogP contribution in [0.5, 0.6) is 11.5 Å². The minimum absolute atomic E-state index is 0.0116. The van der Waals surface area contributed by atoms with E-state index >= 15 is 0 Å². The Balaban J connectivity index is 1.87. The molecule has 0 fully saturated rings. The predicted octanol–water partition coefficient (Wildman–Crippen LogP) is 3.21. The highest BCUT2D eigenvalue weighted by atomic mass is 16.3. The summed E-state index contributed by atoms with van der Waals surface area (Å²) in [5, 5.41) is 23.4. The van der Waals surface area contributed by atoms with Gasteiger partial charge in [-0.3, -0.25) is 0 Å². The van der Waals surface area contributed by atoms with Crippen LogP contribution in [-0.4, -0.2) is 16.3 Å². The largest absolute Gasteiger partial charge is 0.504 e. The zero-order valence-electron chi connectivity index (χ0n) is 12.8. The molecule has 3 N–H and O–H groups in total. The number of aromatic hydroxyl groups is 2. The molecule has 2 aromatic rings. The van der Waals surface area contributed by atoms with Gasteiger partial charge in [-0.15, -0.1) is 0 Å². The monoisotopic (exact) mass is 295 g/mol. The third kappa shape index (κ3) is 2.00. The fourth-order valence-electron chi connectivity index (χ4n) is 4.02. The van der Waals surface area contributed by atoms with E-state index in [0.29, 0.717) is 6.04 Å². The molecule has 2 aliphatic rings. The van der Waals surface area contributed by atoms with Gasteiger partial charge in [-0.25, -0.2) is 0 Å². The first kappa shape index (κ1) is 13.6. The van der Waals surface area contributed by atoms with Crippen LogP contribution in [0, 0.1) is 0 Å². The summed E-state index contributed by atoms with van der Waals surface area (Å²) in [5.41, 5.74) is 6.41. The van der Waals surface area contributed by atoms with E-state index in [4.69, 9.17) is 0 Å². The topological polar surface area (TPSA) is 52.5 Å². The van der Waals surface area contributed by atoms with Crippen molar-refractivity contribution in [3.63, 3.8) is 0 Å². The van der Waals surface area contributed by atoms with Gasteiger partial charge in [0.05, 0.1) is 0 Å². The zero-order chi connectivity index (χ0) is 15.3. The average molecular weight is 295 g/mol. The number of fused-ring (bicyclic) bond motifs is 5. The van der Waals surface area contributed by atoms with Crippen LogP contribution in [0.25, 0.3) is 0 Å². The molecular weight excluding hydrogens is 274 g/mol. The van der Waals surface area contributed by atoms with Gasteiger partial charge >= 0.3 is 0 Å². The lowest BCUT2D eigenvalue weighted by atomic mass is 9.72. The van der Waals surface area contributed by atoms with Crippen molar-refractivity contribution in [2.75, 3.05) is 0 Å². The van der Waals surface area contributed by atoms with E-state index < -0.39 is 0 Å². The molecule has 0 saturated carbocycles. The molecule has 114 valence electrons. The molecular formula is C19H21NO2. The molecule has 0 bridgehead atoms. The van der Waals surface area contributed by atoms with E-state index in [1.54, 1.807) is 12.1 Å². The summed E-state index contributed by atoms with van der Waals surface area (Å²) in [6, 6.07) is 10.7. The van der Waals surface area contributed by atoms with Crippen molar-refractivity contribution in [3.05, 3.63) is 58.1 Å². The lowest BCUT2D eigenvalue weighted by molar-refractivity contribution is 0.380. The average Bonchev–Trinajstić information content (AvgIpc) is 2.55. The molecule has 0 saturated heterocycles. The number of phenols is 2. The first-order valence-corrected chi connectivity index (χ1v) is 8.07. The summed E-state index contributed by atoms with van der Waals surface area (Å²) < 4.78 is 0.